The van der Waals surface area contributed by atoms with Gasteiger partial charge in [-0.25, -0.2) is 8.78 Å². The molecule has 0 saturated heterocycles. The summed E-state index contributed by atoms with van der Waals surface area (Å²) in [5, 5.41) is 15.3. The molecule has 1 atom stereocenters. The van der Waals surface area contributed by atoms with Crippen molar-refractivity contribution in [2.75, 3.05) is 0 Å². The fraction of sp³-hybridized carbons (Fsp3) is 0.467. The maximum atomic E-state index is 12.9. The van der Waals surface area contributed by atoms with Crippen LogP contribution in [0.1, 0.15) is 37.6 Å². The minimum atomic E-state index is -2.80. The lowest BCUT2D eigenvalue weighted by atomic mass is 9.80. The molecule has 0 fully saturated rings. The smallest absolute Gasteiger partial charge is 0.278 e. The molecule has 1 N–H and O–H groups in total. The predicted molar refractivity (Wildman–Crippen MR) is 75.1 cm³/mol. The molecule has 1 amide bonds. The molecule has 1 aliphatic heterocycles. The zero-order chi connectivity index (χ0) is 15.8. The zero-order valence-electron chi connectivity index (χ0n) is 12.2. The van der Waals surface area contributed by atoms with Gasteiger partial charge < -0.3 is 5.11 Å². The second-order valence-electron chi connectivity index (χ2n) is 6.12. The van der Waals surface area contributed by atoms with Crippen LogP contribution in [0.15, 0.2) is 35.4 Å². The van der Waals surface area contributed by atoms with Crippen molar-refractivity contribution in [3.63, 3.8) is 0 Å². The molecule has 21 heavy (non-hydrogen) atoms. The summed E-state index contributed by atoms with van der Waals surface area (Å²) >= 11 is 0. The first-order valence-corrected chi connectivity index (χ1v) is 6.64. The van der Waals surface area contributed by atoms with Crippen LogP contribution in [0.3, 0.4) is 0 Å². The molecule has 0 spiro atoms. The normalized spacial score (nSPS) is 22.6. The lowest BCUT2D eigenvalue weighted by Gasteiger charge is -2.41. The van der Waals surface area contributed by atoms with Gasteiger partial charge in [0.05, 0.1) is 0 Å². The van der Waals surface area contributed by atoms with Crippen LogP contribution in [-0.2, 0) is 0 Å². The van der Waals surface area contributed by atoms with Crippen molar-refractivity contribution in [1.82, 2.24) is 5.01 Å². The Labute approximate surface area is 122 Å². The number of hydrazone groups is 1. The minimum Gasteiger partial charge on any atom is -0.368 e. The highest BCUT2D eigenvalue weighted by Gasteiger charge is 2.53. The van der Waals surface area contributed by atoms with E-state index >= 15 is 0 Å². The summed E-state index contributed by atoms with van der Waals surface area (Å²) < 4.78 is 25.9. The van der Waals surface area contributed by atoms with E-state index in [4.69, 9.17) is 0 Å². The highest BCUT2D eigenvalue weighted by atomic mass is 19.3. The van der Waals surface area contributed by atoms with Crippen molar-refractivity contribution in [3.05, 3.63) is 35.9 Å². The molecule has 0 bridgehead atoms. The molecule has 1 aromatic rings. The molecule has 0 saturated carbocycles. The number of aliphatic hydroxyl groups is 1. The Bertz CT molecular complexity index is 567. The molecule has 0 aliphatic carbocycles. The van der Waals surface area contributed by atoms with E-state index in [1.54, 1.807) is 51.1 Å². The van der Waals surface area contributed by atoms with E-state index in [1.807, 2.05) is 0 Å². The van der Waals surface area contributed by atoms with Crippen LogP contribution in [-0.4, -0.2) is 33.9 Å². The van der Waals surface area contributed by atoms with Crippen LogP contribution in [0.2, 0.25) is 0 Å². The monoisotopic (exact) mass is 296 g/mol. The van der Waals surface area contributed by atoms with E-state index in [2.05, 4.69) is 5.10 Å². The van der Waals surface area contributed by atoms with E-state index in [0.29, 0.717) is 5.56 Å². The topological polar surface area (TPSA) is 52.9 Å². The van der Waals surface area contributed by atoms with E-state index in [-0.39, 0.29) is 6.42 Å². The number of amides is 1. The van der Waals surface area contributed by atoms with E-state index in [1.165, 1.54) is 0 Å². The highest BCUT2D eigenvalue weighted by Crippen LogP contribution is 2.42. The molecule has 1 unspecified atom stereocenters. The lowest BCUT2D eigenvalue weighted by molar-refractivity contribution is -0.143. The van der Waals surface area contributed by atoms with E-state index in [9.17, 15) is 18.7 Å². The quantitative estimate of drug-likeness (QED) is 0.912. The fourth-order valence-electron chi connectivity index (χ4n) is 2.19. The van der Waals surface area contributed by atoms with Crippen molar-refractivity contribution < 1.29 is 18.7 Å². The Balaban J connectivity index is 2.44. The second-order valence-corrected chi connectivity index (χ2v) is 6.12. The summed E-state index contributed by atoms with van der Waals surface area (Å²) in [6, 6.07) is 8.18. The third kappa shape index (κ3) is 2.68. The predicted octanol–water partition coefficient (Wildman–Crippen LogP) is 2.89. The van der Waals surface area contributed by atoms with Crippen LogP contribution in [0.4, 0.5) is 8.78 Å². The van der Waals surface area contributed by atoms with Crippen LogP contribution in [0.25, 0.3) is 0 Å². The van der Waals surface area contributed by atoms with E-state index < -0.39 is 29.2 Å². The van der Waals surface area contributed by atoms with Gasteiger partial charge in [-0.2, -0.15) is 10.1 Å². The maximum Gasteiger partial charge on any atom is 0.278 e. The zero-order valence-corrected chi connectivity index (χ0v) is 12.2. The number of nitrogens with zero attached hydrogens (tertiary/aromatic N) is 2. The highest BCUT2D eigenvalue weighted by molar-refractivity contribution is 5.99. The van der Waals surface area contributed by atoms with Crippen molar-refractivity contribution in [3.8, 4) is 0 Å². The fourth-order valence-corrected chi connectivity index (χ4v) is 2.19. The third-order valence-electron chi connectivity index (χ3n) is 3.67. The molecule has 4 nitrogen and oxygen atoms in total. The van der Waals surface area contributed by atoms with Crippen molar-refractivity contribution in [2.24, 2.45) is 10.5 Å². The Morgan fingerprint density at radius 1 is 1.33 bits per heavy atom. The average Bonchev–Trinajstić information content (AvgIpc) is 2.78. The molecule has 1 heterocycles. The maximum absolute atomic E-state index is 12.9. The number of carbonyl (C=O) groups excluding carboxylic acids is 1. The van der Waals surface area contributed by atoms with Crippen molar-refractivity contribution >= 4 is 11.6 Å². The van der Waals surface area contributed by atoms with Gasteiger partial charge in [0.25, 0.3) is 12.3 Å². The number of carbonyl (C=O) groups is 1. The van der Waals surface area contributed by atoms with Gasteiger partial charge in [0.15, 0.2) is 5.72 Å². The number of halogens is 2. The average molecular weight is 296 g/mol. The van der Waals surface area contributed by atoms with Crippen LogP contribution in [0, 0.1) is 5.41 Å². The van der Waals surface area contributed by atoms with Crippen molar-refractivity contribution in [1.29, 1.82) is 0 Å². The lowest BCUT2D eigenvalue weighted by Crippen LogP contribution is -2.55. The SMILES string of the molecule is CC(C)(C)C1(O)CC(C(F)F)=NN1C(=O)c1ccccc1. The van der Waals surface area contributed by atoms with Gasteiger partial charge in [0, 0.05) is 17.4 Å². The Hall–Kier alpha value is -1.82. The summed E-state index contributed by atoms with van der Waals surface area (Å²) in [7, 11) is 0. The standard InChI is InChI=1S/C15H18F2N2O2/c1-14(2,3)15(21)9-11(12(16)17)18-19(15)13(20)10-7-5-4-6-8-10/h4-8,12,21H,9H2,1-3H3. The summed E-state index contributed by atoms with van der Waals surface area (Å²) in [4.78, 5) is 12.5. The van der Waals surface area contributed by atoms with Crippen LogP contribution < -0.4 is 0 Å². The molecular formula is C15H18F2N2O2. The summed E-state index contributed by atoms with van der Waals surface area (Å²) in [6.45, 7) is 5.05. The van der Waals surface area contributed by atoms with Gasteiger partial charge in [-0.05, 0) is 12.1 Å². The van der Waals surface area contributed by atoms with Gasteiger partial charge in [0.1, 0.15) is 5.71 Å². The Kier molecular flexibility index (Phi) is 3.84. The third-order valence-corrected chi connectivity index (χ3v) is 3.67. The van der Waals surface area contributed by atoms with E-state index in [0.717, 1.165) is 5.01 Å². The number of hydrogen-bond donors (Lipinski definition) is 1. The van der Waals surface area contributed by atoms with Crippen molar-refractivity contribution in [2.45, 2.75) is 39.3 Å². The number of alkyl halides is 2. The molecule has 1 aromatic carbocycles. The number of benzene rings is 1. The molecule has 0 radical (unpaired) electrons. The van der Waals surface area contributed by atoms with Gasteiger partial charge in [-0.3, -0.25) is 4.79 Å². The minimum absolute atomic E-state index is 0.291. The first-order valence-electron chi connectivity index (χ1n) is 6.64. The summed E-state index contributed by atoms with van der Waals surface area (Å²) in [5.41, 5.74) is -2.78. The van der Waals surface area contributed by atoms with Crippen LogP contribution in [0.5, 0.6) is 0 Å². The summed E-state index contributed by atoms with van der Waals surface area (Å²) in [6.07, 6.45) is -3.15. The molecule has 6 heteroatoms. The molecule has 2 rings (SSSR count). The Morgan fingerprint density at radius 2 is 1.90 bits per heavy atom. The summed E-state index contributed by atoms with van der Waals surface area (Å²) in [5.74, 6) is -0.594. The van der Waals surface area contributed by atoms with Gasteiger partial charge in [0.2, 0.25) is 0 Å². The Morgan fingerprint density at radius 3 is 2.38 bits per heavy atom. The number of hydrogen-bond acceptors (Lipinski definition) is 3. The molecule has 1 aliphatic rings. The van der Waals surface area contributed by atoms with Crippen LogP contribution >= 0.6 is 0 Å². The van der Waals surface area contributed by atoms with Gasteiger partial charge in [-0.1, -0.05) is 39.0 Å². The molecule has 0 aromatic heterocycles. The van der Waals surface area contributed by atoms with Gasteiger partial charge in [-0.15, -0.1) is 0 Å². The first-order chi connectivity index (χ1) is 9.67. The molecular weight excluding hydrogens is 278 g/mol. The largest absolute Gasteiger partial charge is 0.368 e. The number of rotatable bonds is 2. The molecule has 114 valence electrons. The second kappa shape index (κ2) is 5.18. The first kappa shape index (κ1) is 15.6. The van der Waals surface area contributed by atoms with Gasteiger partial charge >= 0.3 is 0 Å².